The fraction of sp³-hybridized carbons (Fsp3) is 0.250. The quantitative estimate of drug-likeness (QED) is 0.389. The monoisotopic (exact) mass is 468 g/mol. The van der Waals surface area contributed by atoms with Gasteiger partial charge in [0.2, 0.25) is 0 Å². The number of benzene rings is 1. The van der Waals surface area contributed by atoms with Gasteiger partial charge in [0, 0.05) is 33.8 Å². The molecule has 0 radical (unpaired) electrons. The number of H-pyrrole nitrogens is 1. The van der Waals surface area contributed by atoms with Crippen LogP contribution in [0.3, 0.4) is 0 Å². The molecule has 2 aromatic heterocycles. The number of nitrogens with one attached hydrogen (secondary N) is 1. The Morgan fingerprint density at radius 1 is 1.20 bits per heavy atom. The number of carbonyl (C=O) groups is 1. The van der Waals surface area contributed by atoms with Crippen molar-refractivity contribution in [1.82, 2.24) is 15.0 Å². The molecule has 0 spiro atoms. The smallest absolute Gasteiger partial charge is 0.402 e. The highest BCUT2D eigenvalue weighted by Crippen LogP contribution is 2.36. The van der Waals surface area contributed by atoms with Gasteiger partial charge in [-0.2, -0.15) is 0 Å². The van der Waals surface area contributed by atoms with Crippen LogP contribution in [-0.4, -0.2) is 31.3 Å². The van der Waals surface area contributed by atoms with Gasteiger partial charge in [-0.15, -0.1) is 0 Å². The number of aromatic nitrogens is 3. The van der Waals surface area contributed by atoms with E-state index in [0.29, 0.717) is 22.3 Å². The van der Waals surface area contributed by atoms with Crippen LogP contribution < -0.4 is 5.73 Å². The Labute approximate surface area is 188 Å². The number of pyridine rings is 1. The first kappa shape index (κ1) is 24.0. The van der Waals surface area contributed by atoms with Gasteiger partial charge in [0.05, 0.1) is 5.69 Å². The van der Waals surface area contributed by atoms with E-state index < -0.39 is 12.2 Å². The highest BCUT2D eigenvalue weighted by atomic mass is 35.5. The van der Waals surface area contributed by atoms with Gasteiger partial charge in [-0.3, -0.25) is 4.98 Å². The van der Waals surface area contributed by atoms with Crippen LogP contribution in [-0.2, 0) is 6.42 Å². The van der Waals surface area contributed by atoms with E-state index in [0.717, 1.165) is 21.2 Å². The number of aromatic amines is 1. The number of hydrogen-bond donors (Lipinski definition) is 4. The lowest BCUT2D eigenvalue weighted by Gasteiger charge is -2.07. The zero-order chi connectivity index (χ0) is 22.3. The van der Waals surface area contributed by atoms with Gasteiger partial charge in [0.1, 0.15) is 17.0 Å². The number of imidazole rings is 1. The molecule has 0 aliphatic rings. The maximum absolute atomic E-state index is 10.6. The first-order valence-corrected chi connectivity index (χ1v) is 10.5. The van der Waals surface area contributed by atoms with Gasteiger partial charge >= 0.3 is 6.09 Å². The number of carboxylic acid groups (broad SMARTS) is 1. The van der Waals surface area contributed by atoms with Crippen LogP contribution in [0.25, 0.3) is 0 Å². The van der Waals surface area contributed by atoms with Crippen LogP contribution in [0, 0.1) is 0 Å². The predicted molar refractivity (Wildman–Crippen MR) is 118 cm³/mol. The number of primary amides is 1. The average Bonchev–Trinajstić information content (AvgIpc) is 3.05. The molecule has 0 fully saturated rings. The number of rotatable bonds is 6. The molecule has 0 aliphatic carbocycles. The molecular weight excluding hydrogens is 447 g/mol. The lowest BCUT2D eigenvalue weighted by molar-refractivity contribution is 0.169. The van der Waals surface area contributed by atoms with E-state index in [-0.39, 0.29) is 5.92 Å². The SMILES string of the molecule is CC(C)c1nc(C(O)Cc2ccncc2)[nH]c1Sc1cc(Cl)cc(Cl)c1.NC(=O)O. The van der Waals surface area contributed by atoms with Gasteiger partial charge in [-0.05, 0) is 41.8 Å². The summed E-state index contributed by atoms with van der Waals surface area (Å²) in [6, 6.07) is 9.19. The second-order valence-electron chi connectivity index (χ2n) is 6.61. The molecule has 0 aliphatic heterocycles. The van der Waals surface area contributed by atoms with Crippen molar-refractivity contribution in [3.63, 3.8) is 0 Å². The van der Waals surface area contributed by atoms with Crippen LogP contribution in [0.5, 0.6) is 0 Å². The summed E-state index contributed by atoms with van der Waals surface area (Å²) in [5, 5.41) is 19.8. The van der Waals surface area contributed by atoms with E-state index in [4.69, 9.17) is 33.1 Å². The highest BCUT2D eigenvalue weighted by molar-refractivity contribution is 7.99. The molecule has 5 N–H and O–H groups in total. The number of hydrogen-bond acceptors (Lipinski definition) is 5. The summed E-state index contributed by atoms with van der Waals surface area (Å²) in [5.41, 5.74) is 5.95. The molecule has 1 atom stereocenters. The maximum Gasteiger partial charge on any atom is 0.402 e. The molecule has 30 heavy (non-hydrogen) atoms. The Morgan fingerprint density at radius 2 is 1.77 bits per heavy atom. The van der Waals surface area contributed by atoms with Gasteiger partial charge in [-0.25, -0.2) is 9.78 Å². The summed E-state index contributed by atoms with van der Waals surface area (Å²) in [5.74, 6) is 0.770. The highest BCUT2D eigenvalue weighted by Gasteiger charge is 2.20. The number of amides is 1. The molecule has 1 aromatic carbocycles. The van der Waals surface area contributed by atoms with Crippen molar-refractivity contribution in [2.24, 2.45) is 5.73 Å². The Morgan fingerprint density at radius 3 is 2.30 bits per heavy atom. The minimum atomic E-state index is -1.33. The van der Waals surface area contributed by atoms with Crippen molar-refractivity contribution in [2.45, 2.75) is 42.2 Å². The van der Waals surface area contributed by atoms with Gasteiger partial charge < -0.3 is 20.9 Å². The van der Waals surface area contributed by atoms with Crippen LogP contribution >= 0.6 is 35.0 Å². The first-order chi connectivity index (χ1) is 14.2. The molecule has 2 heterocycles. The van der Waals surface area contributed by atoms with Crippen LogP contribution in [0.15, 0.2) is 52.6 Å². The van der Waals surface area contributed by atoms with Crippen LogP contribution in [0.2, 0.25) is 10.0 Å². The fourth-order valence-electron chi connectivity index (χ4n) is 2.56. The second kappa shape index (κ2) is 11.2. The van der Waals surface area contributed by atoms with E-state index in [9.17, 15) is 5.11 Å². The summed E-state index contributed by atoms with van der Waals surface area (Å²) in [7, 11) is 0. The number of halogens is 2. The van der Waals surface area contributed by atoms with E-state index in [1.807, 2.05) is 24.3 Å². The molecule has 3 rings (SSSR count). The summed E-state index contributed by atoms with van der Waals surface area (Å²) in [6.07, 6.45) is 1.86. The van der Waals surface area contributed by atoms with E-state index in [2.05, 4.69) is 34.5 Å². The van der Waals surface area contributed by atoms with Crippen molar-refractivity contribution >= 4 is 41.1 Å². The van der Waals surface area contributed by atoms with Gasteiger partial charge in [0.15, 0.2) is 0 Å². The van der Waals surface area contributed by atoms with E-state index >= 15 is 0 Å². The summed E-state index contributed by atoms with van der Waals surface area (Å²) in [6.45, 7) is 4.15. The molecule has 160 valence electrons. The van der Waals surface area contributed by atoms with Crippen molar-refractivity contribution in [1.29, 1.82) is 0 Å². The van der Waals surface area contributed by atoms with Crippen molar-refractivity contribution < 1.29 is 15.0 Å². The Kier molecular flexibility index (Phi) is 8.98. The molecule has 1 amide bonds. The lowest BCUT2D eigenvalue weighted by atomic mass is 10.1. The van der Waals surface area contributed by atoms with Gasteiger partial charge in [0.25, 0.3) is 0 Å². The number of aliphatic hydroxyl groups is 1. The first-order valence-electron chi connectivity index (χ1n) is 8.94. The normalized spacial score (nSPS) is 11.7. The third-order valence-corrected chi connectivity index (χ3v) is 5.24. The molecule has 1 unspecified atom stereocenters. The third kappa shape index (κ3) is 7.53. The van der Waals surface area contributed by atoms with Crippen molar-refractivity contribution in [2.75, 3.05) is 0 Å². The van der Waals surface area contributed by atoms with E-state index in [1.165, 1.54) is 11.8 Å². The summed E-state index contributed by atoms with van der Waals surface area (Å²) >= 11 is 13.7. The minimum absolute atomic E-state index is 0.213. The predicted octanol–water partition coefficient (Wildman–Crippen LogP) is 5.29. The Hall–Kier alpha value is -2.26. The second-order valence-corrected chi connectivity index (χ2v) is 8.57. The van der Waals surface area contributed by atoms with Crippen LogP contribution in [0.4, 0.5) is 4.79 Å². The Balaban J connectivity index is 0.000000735. The van der Waals surface area contributed by atoms with Crippen molar-refractivity contribution in [3.05, 3.63) is 69.9 Å². The molecule has 0 saturated heterocycles. The number of aliphatic hydroxyl groups excluding tert-OH is 1. The zero-order valence-electron chi connectivity index (χ0n) is 16.3. The molecule has 3 aromatic rings. The topological polar surface area (TPSA) is 125 Å². The number of nitrogens with zero attached hydrogens (tertiary/aromatic N) is 2. The van der Waals surface area contributed by atoms with Crippen LogP contribution in [0.1, 0.15) is 43.0 Å². The fourth-order valence-corrected chi connectivity index (χ4v) is 4.36. The molecule has 0 saturated carbocycles. The molecule has 7 nitrogen and oxygen atoms in total. The van der Waals surface area contributed by atoms with E-state index in [1.54, 1.807) is 18.5 Å². The maximum atomic E-state index is 10.6. The van der Waals surface area contributed by atoms with Gasteiger partial charge in [-0.1, -0.05) is 48.8 Å². The molecule has 0 bridgehead atoms. The molecular formula is C20H22Cl2N4O3S. The Bertz CT molecular complexity index is 959. The van der Waals surface area contributed by atoms with Crippen molar-refractivity contribution in [3.8, 4) is 0 Å². The number of nitrogens with two attached hydrogens (primary N) is 1. The minimum Gasteiger partial charge on any atom is -0.465 e. The summed E-state index contributed by atoms with van der Waals surface area (Å²) < 4.78 is 0. The summed E-state index contributed by atoms with van der Waals surface area (Å²) in [4.78, 5) is 21.6. The molecule has 10 heteroatoms. The lowest BCUT2D eigenvalue weighted by Crippen LogP contribution is -2.04. The zero-order valence-corrected chi connectivity index (χ0v) is 18.7. The standard InChI is InChI=1S/C19H19Cl2N3OS.CH3NO2/c1-11(2)17-19(26-15-9-13(20)8-14(21)10-15)24-18(23-17)16(25)7-12-3-5-22-6-4-12;2-1(3)4/h3-6,8-11,16,25H,7H2,1-2H3,(H,23,24);2H2,(H,3,4). The third-order valence-electron chi connectivity index (χ3n) is 3.81. The largest absolute Gasteiger partial charge is 0.465 e. The average molecular weight is 469 g/mol.